The van der Waals surface area contributed by atoms with Gasteiger partial charge in [0.15, 0.2) is 0 Å². The van der Waals surface area contributed by atoms with Gasteiger partial charge < -0.3 is 15.4 Å². The van der Waals surface area contributed by atoms with Crippen LogP contribution in [0.2, 0.25) is 5.02 Å². The number of anilines is 1. The van der Waals surface area contributed by atoms with Crippen LogP contribution in [0.5, 0.6) is 0 Å². The predicted octanol–water partition coefficient (Wildman–Crippen LogP) is 2.56. The molecule has 1 unspecified atom stereocenters. The number of benzene rings is 2. The second kappa shape index (κ2) is 9.16. The van der Waals surface area contributed by atoms with Crippen LogP contribution in [-0.2, 0) is 19.6 Å². The maximum absolute atomic E-state index is 12.5. The van der Waals surface area contributed by atoms with Gasteiger partial charge in [-0.3, -0.25) is 4.79 Å². The number of hydrogen-bond acceptors (Lipinski definition) is 7. The molecule has 4 N–H and O–H groups in total. The molecule has 0 bridgehead atoms. The number of carbonyl (C=O) groups excluding carboxylic acids is 1. The molecule has 1 aromatic heterocycles. The average Bonchev–Trinajstić information content (AvgIpc) is 3.25. The van der Waals surface area contributed by atoms with Crippen molar-refractivity contribution in [3.05, 3.63) is 64.8 Å². The Morgan fingerprint density at radius 3 is 2.56 bits per heavy atom. The largest absolute Gasteiger partial charge is 0.378 e. The molecule has 1 amide bonds. The molecule has 3 aromatic rings. The van der Waals surface area contributed by atoms with Crippen LogP contribution in [0.15, 0.2) is 53.6 Å². The molecule has 1 aliphatic rings. The number of primary amides is 1. The van der Waals surface area contributed by atoms with Gasteiger partial charge in [-0.15, -0.1) is 0 Å². The maximum Gasteiger partial charge on any atom is 0.238 e. The number of amides is 1. The number of halogens is 1. The predicted molar refractivity (Wildman–Crippen MR) is 124 cm³/mol. The fourth-order valence-electron chi connectivity index (χ4n) is 3.66. The molecule has 1 aliphatic heterocycles. The first-order valence-corrected chi connectivity index (χ1v) is 12.5. The summed E-state index contributed by atoms with van der Waals surface area (Å²) in [6, 6.07) is 11.4. The molecular formula is C21H21ClN4O4S2. The minimum absolute atomic E-state index is 0.129. The number of carbonyl (C=O) groups is 1. The van der Waals surface area contributed by atoms with Gasteiger partial charge in [0.1, 0.15) is 10.0 Å². The first kappa shape index (κ1) is 22.7. The molecule has 11 heteroatoms. The molecule has 1 atom stereocenters. The Bertz CT molecular complexity index is 1260. The molecular weight excluding hydrogens is 472 g/mol. The van der Waals surface area contributed by atoms with E-state index in [9.17, 15) is 13.2 Å². The van der Waals surface area contributed by atoms with Crippen molar-refractivity contribution in [1.29, 1.82) is 0 Å². The molecule has 8 nitrogen and oxygen atoms in total. The quantitative estimate of drug-likeness (QED) is 0.544. The third-order valence-corrected chi connectivity index (χ3v) is 7.58. The van der Waals surface area contributed by atoms with E-state index in [-0.39, 0.29) is 4.90 Å². The summed E-state index contributed by atoms with van der Waals surface area (Å²) in [6.07, 6.45) is 1.71. The molecule has 2 heterocycles. The van der Waals surface area contributed by atoms with Crippen molar-refractivity contribution in [3.8, 4) is 10.6 Å². The third kappa shape index (κ3) is 4.64. The van der Waals surface area contributed by atoms with Crippen molar-refractivity contribution in [3.63, 3.8) is 0 Å². The van der Waals surface area contributed by atoms with Crippen LogP contribution >= 0.6 is 22.9 Å². The van der Waals surface area contributed by atoms with Crippen molar-refractivity contribution in [2.75, 3.05) is 31.2 Å². The van der Waals surface area contributed by atoms with Crippen LogP contribution in [-0.4, -0.2) is 45.6 Å². The summed E-state index contributed by atoms with van der Waals surface area (Å²) in [6.45, 7) is 2.73. The Morgan fingerprint density at radius 1 is 1.19 bits per heavy atom. The highest BCUT2D eigenvalue weighted by Gasteiger charge is 2.27. The third-order valence-electron chi connectivity index (χ3n) is 5.19. The zero-order chi connectivity index (χ0) is 22.9. The summed E-state index contributed by atoms with van der Waals surface area (Å²) in [7, 11) is -4.12. The van der Waals surface area contributed by atoms with Gasteiger partial charge in [-0.2, -0.15) is 0 Å². The monoisotopic (exact) mass is 492 g/mol. The van der Waals surface area contributed by atoms with E-state index in [1.165, 1.54) is 17.4 Å². The number of morpholine rings is 1. The molecule has 0 spiro atoms. The summed E-state index contributed by atoms with van der Waals surface area (Å²) in [5.74, 6) is -1.59. The van der Waals surface area contributed by atoms with Crippen molar-refractivity contribution in [1.82, 2.24) is 4.98 Å². The van der Waals surface area contributed by atoms with Crippen molar-refractivity contribution in [2.24, 2.45) is 10.9 Å². The van der Waals surface area contributed by atoms with Crippen molar-refractivity contribution in [2.45, 2.75) is 10.8 Å². The summed E-state index contributed by atoms with van der Waals surface area (Å²) in [5.41, 5.74) is 6.89. The number of aromatic nitrogens is 1. The Morgan fingerprint density at radius 2 is 1.91 bits per heavy atom. The van der Waals surface area contributed by atoms with Crippen LogP contribution in [0.3, 0.4) is 0 Å². The number of primary sulfonamides is 1. The first-order chi connectivity index (χ1) is 15.3. The van der Waals surface area contributed by atoms with E-state index in [0.717, 1.165) is 18.1 Å². The van der Waals surface area contributed by atoms with E-state index in [4.69, 9.17) is 27.2 Å². The van der Waals surface area contributed by atoms with Crippen LogP contribution in [0.25, 0.3) is 10.6 Å². The van der Waals surface area contributed by atoms with Crippen molar-refractivity contribution < 1.29 is 17.9 Å². The Kier molecular flexibility index (Phi) is 6.50. The topological polar surface area (TPSA) is 129 Å². The Balaban J connectivity index is 1.79. The highest BCUT2D eigenvalue weighted by atomic mass is 35.5. The minimum atomic E-state index is -4.12. The van der Waals surface area contributed by atoms with Crippen LogP contribution < -0.4 is 15.8 Å². The molecule has 2 aromatic carbocycles. The second-order valence-corrected chi connectivity index (χ2v) is 10.2. The summed E-state index contributed by atoms with van der Waals surface area (Å²) in [5, 5.41) is 7.32. The Hall–Kier alpha value is -2.50. The lowest BCUT2D eigenvalue weighted by Crippen LogP contribution is -2.35. The number of thiazole rings is 1. The molecule has 0 aliphatic carbocycles. The van der Waals surface area contributed by atoms with E-state index in [1.54, 1.807) is 42.6 Å². The Labute approximate surface area is 194 Å². The van der Waals surface area contributed by atoms with Crippen LogP contribution in [0, 0.1) is 0 Å². The summed E-state index contributed by atoms with van der Waals surface area (Å²) in [4.78, 5) is 18.7. The normalized spacial score (nSPS) is 15.5. The van der Waals surface area contributed by atoms with E-state index >= 15 is 0 Å². The SMILES string of the molecule is NC(=O)C(c1ccc(-c2ncc(N3CCOCC3)s2)c(S(N)(=O)=O)c1)c1ccccc1Cl. The van der Waals surface area contributed by atoms with Gasteiger partial charge in [0, 0.05) is 23.7 Å². The number of rotatable bonds is 6. The van der Waals surface area contributed by atoms with Gasteiger partial charge >= 0.3 is 0 Å². The van der Waals surface area contributed by atoms with Crippen molar-refractivity contribution >= 4 is 43.9 Å². The standard InChI is InChI=1S/C21H21ClN4O4S2/c22-16-4-2-1-3-14(16)19(20(23)27)13-5-6-15(17(11-13)32(24,28)29)21-25-12-18(31-21)26-7-9-30-10-8-26/h1-6,11-12,19H,7-10H2,(H2,23,27)(H2,24,28,29). The number of nitrogens with zero attached hydrogens (tertiary/aromatic N) is 2. The van der Waals surface area contributed by atoms with Gasteiger partial charge in [-0.05, 0) is 23.3 Å². The summed E-state index contributed by atoms with van der Waals surface area (Å²) >= 11 is 7.64. The molecule has 0 saturated carbocycles. The fourth-order valence-corrected chi connectivity index (χ4v) is 5.75. The van der Waals surface area contributed by atoms with Gasteiger partial charge in [0.05, 0.1) is 30.2 Å². The molecule has 1 saturated heterocycles. The summed E-state index contributed by atoms with van der Waals surface area (Å²) < 4.78 is 30.3. The number of hydrogen-bond donors (Lipinski definition) is 2. The number of nitrogens with two attached hydrogens (primary N) is 2. The molecule has 1 fully saturated rings. The van der Waals surface area contributed by atoms with E-state index in [2.05, 4.69) is 9.88 Å². The lowest BCUT2D eigenvalue weighted by atomic mass is 9.90. The first-order valence-electron chi connectivity index (χ1n) is 9.75. The number of sulfonamides is 1. The smallest absolute Gasteiger partial charge is 0.238 e. The minimum Gasteiger partial charge on any atom is -0.378 e. The van der Waals surface area contributed by atoms with Crippen LogP contribution in [0.1, 0.15) is 17.0 Å². The zero-order valence-electron chi connectivity index (χ0n) is 16.9. The van der Waals surface area contributed by atoms with E-state index in [0.29, 0.717) is 39.9 Å². The van der Waals surface area contributed by atoms with E-state index in [1.807, 2.05) is 0 Å². The number of ether oxygens (including phenoxy) is 1. The van der Waals surface area contributed by atoms with Gasteiger partial charge in [0.25, 0.3) is 0 Å². The highest BCUT2D eigenvalue weighted by Crippen LogP contribution is 2.37. The second-order valence-electron chi connectivity index (χ2n) is 7.26. The molecule has 0 radical (unpaired) electrons. The van der Waals surface area contributed by atoms with Gasteiger partial charge in [-0.1, -0.05) is 53.3 Å². The molecule has 168 valence electrons. The van der Waals surface area contributed by atoms with Gasteiger partial charge in [-0.25, -0.2) is 18.5 Å². The van der Waals surface area contributed by atoms with Crippen LogP contribution in [0.4, 0.5) is 5.00 Å². The molecule has 4 rings (SSSR count). The van der Waals surface area contributed by atoms with Gasteiger partial charge in [0.2, 0.25) is 15.9 Å². The molecule has 32 heavy (non-hydrogen) atoms. The lowest BCUT2D eigenvalue weighted by molar-refractivity contribution is -0.118. The lowest BCUT2D eigenvalue weighted by Gasteiger charge is -2.26. The average molecular weight is 493 g/mol. The zero-order valence-corrected chi connectivity index (χ0v) is 19.3. The van der Waals surface area contributed by atoms with E-state index < -0.39 is 21.8 Å². The fraction of sp³-hybridized carbons (Fsp3) is 0.238. The maximum atomic E-state index is 12.5. The highest BCUT2D eigenvalue weighted by molar-refractivity contribution is 7.89.